The lowest BCUT2D eigenvalue weighted by atomic mass is 9.98. The van der Waals surface area contributed by atoms with E-state index < -0.39 is 21.4 Å². The van der Waals surface area contributed by atoms with E-state index in [1.807, 2.05) is 0 Å². The zero-order chi connectivity index (χ0) is 19.7. The van der Waals surface area contributed by atoms with Gasteiger partial charge in [-0.1, -0.05) is 34.8 Å². The molecule has 26 heavy (non-hydrogen) atoms. The number of esters is 1. The Labute approximate surface area is 166 Å². The van der Waals surface area contributed by atoms with Gasteiger partial charge >= 0.3 is 5.97 Å². The van der Waals surface area contributed by atoms with Gasteiger partial charge in [0.05, 0.1) is 38.6 Å². The molecule has 0 bridgehead atoms. The molecule has 1 heterocycles. The van der Waals surface area contributed by atoms with Crippen LogP contribution in [0, 0.1) is 5.41 Å². The van der Waals surface area contributed by atoms with E-state index in [1.165, 1.54) is 23.1 Å². The van der Waals surface area contributed by atoms with Crippen LogP contribution in [0.15, 0.2) is 29.4 Å². The Kier molecular flexibility index (Phi) is 6.12. The number of sulfonamides is 1. The van der Waals surface area contributed by atoms with E-state index in [1.54, 1.807) is 20.8 Å². The van der Waals surface area contributed by atoms with Crippen LogP contribution in [-0.4, -0.2) is 24.2 Å². The number of halogens is 3. The van der Waals surface area contributed by atoms with Gasteiger partial charge in [-0.3, -0.25) is 9.52 Å². The average Bonchev–Trinajstić information content (AvgIpc) is 2.94. The number of hydrogen-bond acceptors (Lipinski definition) is 5. The number of ether oxygens (including phenoxy) is 1. The second-order valence-corrected chi connectivity index (χ2v) is 9.25. The number of benzene rings is 1. The molecule has 2 rings (SSSR count). The van der Waals surface area contributed by atoms with Crippen LogP contribution in [0.2, 0.25) is 15.1 Å². The number of hydrogen-bond donors (Lipinski definition) is 1. The summed E-state index contributed by atoms with van der Waals surface area (Å²) in [6, 6.07) is 2.40. The number of carbonyl (C=O) groups excluding carboxylic acids is 1. The molecule has 0 aliphatic heterocycles. The maximum absolute atomic E-state index is 12.5. The van der Waals surface area contributed by atoms with E-state index in [0.29, 0.717) is 0 Å². The lowest BCUT2D eigenvalue weighted by Gasteiger charge is -2.16. The molecule has 2 aromatic rings. The number of anilines is 1. The fraction of sp³-hybridized carbons (Fsp3) is 0.333. The maximum atomic E-state index is 12.5. The van der Waals surface area contributed by atoms with Gasteiger partial charge in [0.15, 0.2) is 6.73 Å². The number of carbonyl (C=O) groups is 1. The Morgan fingerprint density at radius 1 is 1.19 bits per heavy atom. The minimum atomic E-state index is -4.01. The van der Waals surface area contributed by atoms with Crippen LogP contribution in [0.3, 0.4) is 0 Å². The molecule has 0 aliphatic carbocycles. The zero-order valence-corrected chi connectivity index (χ0v) is 17.2. The molecule has 0 saturated heterocycles. The first-order valence-corrected chi connectivity index (χ1v) is 9.89. The van der Waals surface area contributed by atoms with Crippen molar-refractivity contribution in [3.8, 4) is 0 Å². The van der Waals surface area contributed by atoms with E-state index in [0.717, 1.165) is 6.07 Å². The highest BCUT2D eigenvalue weighted by Crippen LogP contribution is 2.32. The van der Waals surface area contributed by atoms with Gasteiger partial charge in [-0.15, -0.1) is 0 Å². The van der Waals surface area contributed by atoms with Crippen LogP contribution in [-0.2, 0) is 26.3 Å². The largest absolute Gasteiger partial charge is 0.442 e. The molecule has 1 aromatic heterocycles. The van der Waals surface area contributed by atoms with Gasteiger partial charge in [0.25, 0.3) is 10.0 Å². The first-order chi connectivity index (χ1) is 11.9. The van der Waals surface area contributed by atoms with Crippen LogP contribution in [0.1, 0.15) is 20.8 Å². The van der Waals surface area contributed by atoms with Gasteiger partial charge in [-0.05, 0) is 32.9 Å². The summed E-state index contributed by atoms with van der Waals surface area (Å²) < 4.78 is 33.6. The predicted octanol–water partition coefficient (Wildman–Crippen LogP) is 4.19. The van der Waals surface area contributed by atoms with Crippen LogP contribution >= 0.6 is 34.8 Å². The molecule has 0 amide bonds. The molecule has 0 atom stereocenters. The third-order valence-corrected chi connectivity index (χ3v) is 5.66. The molecule has 0 fully saturated rings. The van der Waals surface area contributed by atoms with Crippen molar-refractivity contribution in [1.82, 2.24) is 9.78 Å². The van der Waals surface area contributed by atoms with Gasteiger partial charge in [0, 0.05) is 0 Å². The van der Waals surface area contributed by atoms with Gasteiger partial charge in [0.2, 0.25) is 0 Å². The molecule has 11 heteroatoms. The summed E-state index contributed by atoms with van der Waals surface area (Å²) in [5.41, 5.74) is -0.485. The van der Waals surface area contributed by atoms with E-state index in [9.17, 15) is 13.2 Å². The van der Waals surface area contributed by atoms with Crippen molar-refractivity contribution in [2.75, 3.05) is 4.72 Å². The molecular formula is C15H16Cl3N3O4S. The van der Waals surface area contributed by atoms with E-state index in [2.05, 4.69) is 9.82 Å². The van der Waals surface area contributed by atoms with Crippen molar-refractivity contribution < 1.29 is 17.9 Å². The molecular weight excluding hydrogens is 425 g/mol. The van der Waals surface area contributed by atoms with Gasteiger partial charge in [-0.25, -0.2) is 13.1 Å². The van der Waals surface area contributed by atoms with Crippen LogP contribution in [0.5, 0.6) is 0 Å². The highest BCUT2D eigenvalue weighted by molar-refractivity contribution is 7.92. The van der Waals surface area contributed by atoms with Crippen molar-refractivity contribution >= 4 is 56.5 Å². The predicted molar refractivity (Wildman–Crippen MR) is 100 cm³/mol. The number of nitrogens with zero attached hydrogens (tertiary/aromatic N) is 2. The molecule has 1 aromatic carbocycles. The second-order valence-electron chi connectivity index (χ2n) is 6.38. The highest BCUT2D eigenvalue weighted by atomic mass is 35.5. The van der Waals surface area contributed by atoms with Gasteiger partial charge in [-0.2, -0.15) is 5.10 Å². The van der Waals surface area contributed by atoms with Gasteiger partial charge in [0.1, 0.15) is 4.90 Å². The first kappa shape index (κ1) is 20.8. The first-order valence-electron chi connectivity index (χ1n) is 7.27. The minimum Gasteiger partial charge on any atom is -0.442 e. The topological polar surface area (TPSA) is 90.3 Å². The Balaban J connectivity index is 2.13. The summed E-state index contributed by atoms with van der Waals surface area (Å²) in [7, 11) is -4.01. The smallest absolute Gasteiger partial charge is 0.313 e. The standard InChI is InChI=1S/C15H16Cl3N3O4S/c1-15(2,3)14(22)25-8-21-7-9(6-19-21)20-26(23,24)13-5-11(17)10(16)4-12(13)18/h4-7,20H,8H2,1-3H3. The van der Waals surface area contributed by atoms with Crippen LogP contribution in [0.4, 0.5) is 5.69 Å². The number of rotatable bonds is 5. The normalized spacial score (nSPS) is 12.1. The summed E-state index contributed by atoms with van der Waals surface area (Å²) >= 11 is 17.6. The SMILES string of the molecule is CC(C)(C)C(=O)OCn1cc(NS(=O)(=O)c2cc(Cl)c(Cl)cc2Cl)cn1. The summed E-state index contributed by atoms with van der Waals surface area (Å²) in [4.78, 5) is 11.5. The Hall–Kier alpha value is -1.48. The van der Waals surface area contributed by atoms with Crippen LogP contribution in [0.25, 0.3) is 0 Å². The fourth-order valence-corrected chi connectivity index (χ4v) is 3.78. The van der Waals surface area contributed by atoms with E-state index >= 15 is 0 Å². The molecule has 0 spiro atoms. The monoisotopic (exact) mass is 439 g/mol. The number of nitrogens with one attached hydrogen (secondary N) is 1. The van der Waals surface area contributed by atoms with E-state index in [4.69, 9.17) is 39.5 Å². The van der Waals surface area contributed by atoms with Crippen molar-refractivity contribution in [2.24, 2.45) is 5.41 Å². The molecule has 0 unspecified atom stereocenters. The molecule has 1 N–H and O–H groups in total. The quantitative estimate of drug-likeness (QED) is 0.556. The molecule has 0 saturated carbocycles. The maximum Gasteiger partial charge on any atom is 0.313 e. The molecule has 0 aliphatic rings. The van der Waals surface area contributed by atoms with Gasteiger partial charge < -0.3 is 4.74 Å². The van der Waals surface area contributed by atoms with E-state index in [-0.39, 0.29) is 32.4 Å². The molecule has 7 nitrogen and oxygen atoms in total. The summed E-state index contributed by atoms with van der Waals surface area (Å²) in [6.07, 6.45) is 2.65. The van der Waals surface area contributed by atoms with Crippen molar-refractivity contribution in [1.29, 1.82) is 0 Å². The molecule has 0 radical (unpaired) electrons. The Bertz CT molecular complexity index is 936. The summed E-state index contributed by atoms with van der Waals surface area (Å²) in [5, 5.41) is 4.06. The third-order valence-electron chi connectivity index (χ3n) is 3.09. The summed E-state index contributed by atoms with van der Waals surface area (Å²) in [6.45, 7) is 5.02. The fourth-order valence-electron chi connectivity index (χ4n) is 1.75. The lowest BCUT2D eigenvalue weighted by molar-refractivity contribution is -0.157. The average molecular weight is 441 g/mol. The molecule has 142 valence electrons. The number of aromatic nitrogens is 2. The zero-order valence-electron chi connectivity index (χ0n) is 14.1. The Morgan fingerprint density at radius 2 is 1.81 bits per heavy atom. The van der Waals surface area contributed by atoms with Crippen molar-refractivity contribution in [3.63, 3.8) is 0 Å². The lowest BCUT2D eigenvalue weighted by Crippen LogP contribution is -2.24. The van der Waals surface area contributed by atoms with Crippen LogP contribution < -0.4 is 4.72 Å². The third kappa shape index (κ3) is 5.03. The summed E-state index contributed by atoms with van der Waals surface area (Å²) in [5.74, 6) is -0.405. The van der Waals surface area contributed by atoms with Crippen molar-refractivity contribution in [3.05, 3.63) is 39.6 Å². The Morgan fingerprint density at radius 3 is 2.42 bits per heavy atom. The van der Waals surface area contributed by atoms with Crippen molar-refractivity contribution in [2.45, 2.75) is 32.4 Å². The minimum absolute atomic E-state index is 0.0567. The highest BCUT2D eigenvalue weighted by Gasteiger charge is 2.23. The second kappa shape index (κ2) is 7.64.